The van der Waals surface area contributed by atoms with E-state index in [0.717, 1.165) is 18.4 Å². The van der Waals surface area contributed by atoms with E-state index in [1.165, 1.54) is 18.4 Å². The molecule has 96 valence electrons. The van der Waals surface area contributed by atoms with Crippen LogP contribution < -0.4 is 0 Å². The number of halogens is 2. The van der Waals surface area contributed by atoms with Crippen molar-refractivity contribution in [1.29, 1.82) is 0 Å². The van der Waals surface area contributed by atoms with Gasteiger partial charge in [-0.1, -0.05) is 34.9 Å². The molecule has 0 atom stereocenters. The summed E-state index contributed by atoms with van der Waals surface area (Å²) < 4.78 is 0. The van der Waals surface area contributed by atoms with Crippen molar-refractivity contribution in [1.82, 2.24) is 0 Å². The molecule has 0 aliphatic heterocycles. The van der Waals surface area contributed by atoms with Gasteiger partial charge >= 0.3 is 0 Å². The van der Waals surface area contributed by atoms with Gasteiger partial charge in [0.05, 0.1) is 0 Å². The highest BCUT2D eigenvalue weighted by atomic mass is 35.5. The predicted octanol–water partition coefficient (Wildman–Crippen LogP) is 5.00. The Morgan fingerprint density at radius 3 is 2.72 bits per heavy atom. The molecule has 0 heterocycles. The molecule has 0 saturated heterocycles. The fourth-order valence-electron chi connectivity index (χ4n) is 2.27. The molecule has 0 N–H and O–H groups in total. The van der Waals surface area contributed by atoms with E-state index in [1.54, 1.807) is 18.2 Å². The Kier molecular flexibility index (Phi) is 4.85. The molecule has 0 aromatic heterocycles. The Morgan fingerprint density at radius 2 is 2.00 bits per heavy atom. The van der Waals surface area contributed by atoms with Crippen molar-refractivity contribution in [2.24, 2.45) is 0 Å². The molecule has 18 heavy (non-hydrogen) atoms. The second-order valence-electron chi connectivity index (χ2n) is 4.74. The molecule has 2 rings (SSSR count). The molecule has 0 bridgehead atoms. The van der Waals surface area contributed by atoms with E-state index < -0.39 is 0 Å². The van der Waals surface area contributed by atoms with Crippen molar-refractivity contribution in [3.63, 3.8) is 0 Å². The molecule has 1 nitrogen and oxygen atoms in total. The lowest BCUT2D eigenvalue weighted by molar-refractivity contribution is -0.117. The maximum absolute atomic E-state index is 12.0. The molecule has 0 amide bonds. The third-order valence-electron chi connectivity index (χ3n) is 3.20. The van der Waals surface area contributed by atoms with Gasteiger partial charge in [0.25, 0.3) is 0 Å². The zero-order valence-corrected chi connectivity index (χ0v) is 11.7. The molecule has 1 aliphatic rings. The molecule has 1 aromatic carbocycles. The van der Waals surface area contributed by atoms with Crippen LogP contribution in [0.5, 0.6) is 0 Å². The first-order chi connectivity index (χ1) is 8.65. The summed E-state index contributed by atoms with van der Waals surface area (Å²) in [5, 5.41) is 1.24. The number of carbonyl (C=O) groups is 1. The van der Waals surface area contributed by atoms with Gasteiger partial charge in [-0.25, -0.2) is 0 Å². The minimum Gasteiger partial charge on any atom is -0.299 e. The number of benzene rings is 1. The van der Waals surface area contributed by atoms with Crippen molar-refractivity contribution >= 4 is 29.0 Å². The lowest BCUT2D eigenvalue weighted by Crippen LogP contribution is -2.06. The first kappa shape index (κ1) is 13.6. The molecule has 1 aromatic rings. The van der Waals surface area contributed by atoms with Gasteiger partial charge in [-0.2, -0.15) is 0 Å². The summed E-state index contributed by atoms with van der Waals surface area (Å²) in [6.45, 7) is 0. The zero-order valence-electron chi connectivity index (χ0n) is 10.2. The van der Waals surface area contributed by atoms with Crippen LogP contribution in [0, 0.1) is 0 Å². The molecule has 0 unspecified atom stereocenters. The van der Waals surface area contributed by atoms with Crippen LogP contribution in [0.2, 0.25) is 10.0 Å². The van der Waals surface area contributed by atoms with E-state index in [0.29, 0.717) is 22.9 Å². The summed E-state index contributed by atoms with van der Waals surface area (Å²) in [5.41, 5.74) is 2.11. The van der Waals surface area contributed by atoms with E-state index >= 15 is 0 Å². The van der Waals surface area contributed by atoms with Crippen LogP contribution in [0.25, 0.3) is 0 Å². The summed E-state index contributed by atoms with van der Waals surface area (Å²) in [4.78, 5) is 12.0. The Hall–Kier alpha value is -0.790. The molecule has 0 saturated carbocycles. The molecule has 0 spiro atoms. The van der Waals surface area contributed by atoms with Crippen LogP contribution in [0.1, 0.15) is 37.7 Å². The van der Waals surface area contributed by atoms with Crippen LogP contribution in [-0.2, 0) is 11.2 Å². The summed E-state index contributed by atoms with van der Waals surface area (Å²) in [5.74, 6) is 0.215. The zero-order chi connectivity index (χ0) is 13.0. The van der Waals surface area contributed by atoms with Gasteiger partial charge in [0.1, 0.15) is 5.78 Å². The van der Waals surface area contributed by atoms with Crippen molar-refractivity contribution in [2.45, 2.75) is 38.5 Å². The Labute approximate surface area is 118 Å². The highest BCUT2D eigenvalue weighted by molar-refractivity contribution is 6.33. The first-order valence-corrected chi connectivity index (χ1v) is 7.04. The molecule has 1 aliphatic carbocycles. The summed E-state index contributed by atoms with van der Waals surface area (Å²) >= 11 is 12.0. The molecule has 0 radical (unpaired) electrons. The van der Waals surface area contributed by atoms with Gasteiger partial charge in [0.2, 0.25) is 0 Å². The number of allylic oxidation sites excluding steroid dienone is 2. The molecule has 3 heteroatoms. The summed E-state index contributed by atoms with van der Waals surface area (Å²) in [7, 11) is 0. The number of Topliss-reactive ketones (excluding diaryl/α,β-unsaturated/α-hetero) is 1. The van der Waals surface area contributed by atoms with Crippen molar-refractivity contribution in [2.75, 3.05) is 0 Å². The normalized spacial score (nSPS) is 15.3. The second kappa shape index (κ2) is 6.40. The van der Waals surface area contributed by atoms with Crippen LogP contribution in [-0.4, -0.2) is 5.78 Å². The second-order valence-corrected chi connectivity index (χ2v) is 5.58. The number of ketones is 1. The van der Waals surface area contributed by atoms with Crippen LogP contribution in [0.4, 0.5) is 0 Å². The Balaban J connectivity index is 1.98. The smallest absolute Gasteiger partial charge is 0.141 e. The fraction of sp³-hybridized carbons (Fsp3) is 0.400. The van der Waals surface area contributed by atoms with E-state index in [1.807, 2.05) is 0 Å². The van der Waals surface area contributed by atoms with Crippen molar-refractivity contribution in [3.8, 4) is 0 Å². The molecular formula is C15H16Cl2O. The quantitative estimate of drug-likeness (QED) is 0.711. The van der Waals surface area contributed by atoms with Gasteiger partial charge in [-0.15, -0.1) is 0 Å². The minimum atomic E-state index is 0.215. The van der Waals surface area contributed by atoms with E-state index in [4.69, 9.17) is 23.2 Å². The van der Waals surface area contributed by atoms with Crippen LogP contribution in [0.3, 0.4) is 0 Å². The van der Waals surface area contributed by atoms with Crippen molar-refractivity contribution < 1.29 is 4.79 Å². The van der Waals surface area contributed by atoms with Gasteiger partial charge < -0.3 is 0 Å². The van der Waals surface area contributed by atoms with Crippen LogP contribution in [0.15, 0.2) is 29.8 Å². The number of rotatable bonds is 4. The highest BCUT2D eigenvalue weighted by Gasteiger charge is 2.11. The number of hydrogen-bond acceptors (Lipinski definition) is 1. The molecular weight excluding hydrogens is 267 g/mol. The Morgan fingerprint density at radius 1 is 1.17 bits per heavy atom. The lowest BCUT2D eigenvalue weighted by atomic mass is 9.94. The van der Waals surface area contributed by atoms with E-state index in [-0.39, 0.29) is 5.78 Å². The fourth-order valence-corrected chi connectivity index (χ4v) is 2.65. The Bertz CT molecular complexity index is 477. The number of hydrogen-bond donors (Lipinski definition) is 0. The third kappa shape index (κ3) is 3.86. The molecule has 0 fully saturated rings. The maximum atomic E-state index is 12.0. The lowest BCUT2D eigenvalue weighted by Gasteiger charge is -2.12. The van der Waals surface area contributed by atoms with E-state index in [9.17, 15) is 4.79 Å². The summed E-state index contributed by atoms with van der Waals surface area (Å²) in [6, 6.07) is 5.25. The average Bonchev–Trinajstić information content (AvgIpc) is 2.35. The highest BCUT2D eigenvalue weighted by Crippen LogP contribution is 2.24. The topological polar surface area (TPSA) is 17.1 Å². The standard InChI is InChI=1S/C15H16Cl2O/c16-13-6-7-15(17)12(9-13)10-14(18)8-11-4-2-1-3-5-11/h4,6-7,9H,1-3,5,8,10H2. The van der Waals surface area contributed by atoms with Gasteiger partial charge in [-0.3, -0.25) is 4.79 Å². The SMILES string of the molecule is O=C(CC1=CCCCC1)Cc1cc(Cl)ccc1Cl. The van der Waals surface area contributed by atoms with Gasteiger partial charge in [0.15, 0.2) is 0 Å². The number of carbonyl (C=O) groups excluding carboxylic acids is 1. The van der Waals surface area contributed by atoms with Gasteiger partial charge in [0, 0.05) is 22.9 Å². The largest absolute Gasteiger partial charge is 0.299 e. The van der Waals surface area contributed by atoms with Crippen LogP contribution >= 0.6 is 23.2 Å². The third-order valence-corrected chi connectivity index (χ3v) is 3.81. The maximum Gasteiger partial charge on any atom is 0.141 e. The summed E-state index contributed by atoms with van der Waals surface area (Å²) in [6.07, 6.45) is 7.77. The van der Waals surface area contributed by atoms with Crippen molar-refractivity contribution in [3.05, 3.63) is 45.5 Å². The minimum absolute atomic E-state index is 0.215. The average molecular weight is 283 g/mol. The first-order valence-electron chi connectivity index (χ1n) is 6.28. The van der Waals surface area contributed by atoms with E-state index in [2.05, 4.69) is 6.08 Å². The predicted molar refractivity (Wildman–Crippen MR) is 76.3 cm³/mol. The van der Waals surface area contributed by atoms with Gasteiger partial charge in [-0.05, 0) is 49.4 Å². The monoisotopic (exact) mass is 282 g/mol.